The maximum Gasteiger partial charge on any atom is 0.225 e. The lowest BCUT2D eigenvalue weighted by Gasteiger charge is -2.16. The van der Waals surface area contributed by atoms with Crippen molar-refractivity contribution in [3.05, 3.63) is 46.9 Å². The molecule has 0 atom stereocenters. The Morgan fingerprint density at radius 3 is 2.95 bits per heavy atom. The predicted octanol–water partition coefficient (Wildman–Crippen LogP) is 1.86. The number of fused-ring (bicyclic) bond motifs is 1. The predicted molar refractivity (Wildman–Crippen MR) is 83.0 cm³/mol. The molecule has 0 aromatic carbocycles. The van der Waals surface area contributed by atoms with E-state index in [2.05, 4.69) is 15.2 Å². The minimum absolute atomic E-state index is 0.725. The molecular weight excluding hydrogens is 264 g/mol. The van der Waals surface area contributed by atoms with Crippen molar-refractivity contribution in [2.24, 2.45) is 0 Å². The molecule has 0 radical (unpaired) electrons. The molecule has 1 N–H and O–H groups in total. The van der Waals surface area contributed by atoms with Crippen molar-refractivity contribution < 1.29 is 4.74 Å². The van der Waals surface area contributed by atoms with Gasteiger partial charge in [-0.15, -0.1) is 0 Å². The third-order valence-corrected chi connectivity index (χ3v) is 4.32. The summed E-state index contributed by atoms with van der Waals surface area (Å²) in [7, 11) is 0. The summed E-state index contributed by atoms with van der Waals surface area (Å²) < 4.78 is 1.08. The van der Waals surface area contributed by atoms with E-state index in [9.17, 15) is 5.21 Å². The van der Waals surface area contributed by atoms with Crippen LogP contribution in [0.2, 0.25) is 0 Å². The van der Waals surface area contributed by atoms with E-state index in [4.69, 9.17) is 0 Å². The number of pyridine rings is 1. The van der Waals surface area contributed by atoms with E-state index in [0.29, 0.717) is 0 Å². The summed E-state index contributed by atoms with van der Waals surface area (Å²) in [5, 5.41) is 15.7. The Hall–Kier alpha value is -2.30. The smallest absolute Gasteiger partial charge is 0.225 e. The first-order chi connectivity index (χ1) is 10.3. The number of hydrogen-bond acceptors (Lipinski definition) is 4. The van der Waals surface area contributed by atoms with Crippen LogP contribution in [0.5, 0.6) is 0 Å². The quantitative estimate of drug-likeness (QED) is 0.664. The van der Waals surface area contributed by atoms with Gasteiger partial charge in [-0.1, -0.05) is 0 Å². The number of aromatic nitrogens is 1. The van der Waals surface area contributed by atoms with Gasteiger partial charge in [0, 0.05) is 38.1 Å². The molecule has 21 heavy (non-hydrogen) atoms. The summed E-state index contributed by atoms with van der Waals surface area (Å²) in [5.41, 5.74) is 3.54. The summed E-state index contributed by atoms with van der Waals surface area (Å²) >= 11 is 0. The monoisotopic (exact) mass is 282 g/mol. The van der Waals surface area contributed by atoms with Gasteiger partial charge < -0.3 is 15.4 Å². The molecule has 5 heteroatoms. The molecule has 3 aliphatic rings. The summed E-state index contributed by atoms with van der Waals surface area (Å²) in [6.07, 6.45) is 8.92. The summed E-state index contributed by atoms with van der Waals surface area (Å²) in [4.78, 5) is 6.74. The average molecular weight is 282 g/mol. The Balaban J connectivity index is 1.71. The van der Waals surface area contributed by atoms with Gasteiger partial charge in [0.1, 0.15) is 5.82 Å². The van der Waals surface area contributed by atoms with Gasteiger partial charge in [-0.3, -0.25) is 0 Å². The second-order valence-electron chi connectivity index (χ2n) is 5.67. The van der Waals surface area contributed by atoms with E-state index >= 15 is 0 Å². The number of hydrogen-bond donors (Lipinski definition) is 1. The molecule has 108 valence electrons. The summed E-state index contributed by atoms with van der Waals surface area (Å²) in [5.74, 6) is 0.978. The molecular formula is C16H18N4O. The normalized spacial score (nSPS) is 21.0. The van der Waals surface area contributed by atoms with Crippen LogP contribution >= 0.6 is 0 Å². The van der Waals surface area contributed by atoms with Gasteiger partial charge in [0.05, 0.1) is 17.6 Å². The van der Waals surface area contributed by atoms with Crippen LogP contribution in [0.25, 0.3) is 5.70 Å². The molecule has 0 saturated carbocycles. The number of hydroxylamine groups is 1. The van der Waals surface area contributed by atoms with Crippen LogP contribution < -0.4 is 10.2 Å². The third kappa shape index (κ3) is 2.09. The van der Waals surface area contributed by atoms with Crippen molar-refractivity contribution in [3.8, 4) is 0 Å². The maximum atomic E-state index is 12.5. The van der Waals surface area contributed by atoms with Gasteiger partial charge in [-0.2, -0.15) is 4.74 Å². The molecule has 0 unspecified atom stereocenters. The van der Waals surface area contributed by atoms with Gasteiger partial charge >= 0.3 is 0 Å². The number of anilines is 1. The standard InChI is InChI=1S/C16H18N4O/c21-20-14-4-5-17-11-13(14)9-15(20)12-3-6-18-16(10-12)19-7-1-2-8-19/h3,6,9-11,17H,1-2,4-5,7-8H2. The van der Waals surface area contributed by atoms with Gasteiger partial charge in [-0.25, -0.2) is 4.98 Å². The average Bonchev–Trinajstić information content (AvgIpc) is 3.16. The molecule has 5 nitrogen and oxygen atoms in total. The second kappa shape index (κ2) is 4.91. The highest BCUT2D eigenvalue weighted by Crippen LogP contribution is 2.28. The first-order valence-electron chi connectivity index (χ1n) is 7.53. The molecule has 0 spiro atoms. The van der Waals surface area contributed by atoms with Crippen molar-refractivity contribution in [1.82, 2.24) is 10.3 Å². The molecule has 0 aliphatic carbocycles. The molecule has 1 aromatic rings. The molecule has 1 aromatic heterocycles. The topological polar surface area (TPSA) is 54.2 Å². The zero-order valence-electron chi connectivity index (χ0n) is 11.9. The van der Waals surface area contributed by atoms with E-state index in [1.807, 2.05) is 24.4 Å². The Bertz CT molecular complexity index is 669. The number of allylic oxidation sites excluding steroid dienone is 2. The van der Waals surface area contributed by atoms with E-state index in [1.54, 1.807) is 6.20 Å². The molecule has 3 aliphatic heterocycles. The molecule has 1 saturated heterocycles. The van der Waals surface area contributed by atoms with Crippen LogP contribution in [-0.2, 0) is 0 Å². The van der Waals surface area contributed by atoms with Gasteiger partial charge in [0.25, 0.3) is 0 Å². The maximum absolute atomic E-state index is 12.5. The van der Waals surface area contributed by atoms with Crippen LogP contribution in [0.1, 0.15) is 24.8 Å². The van der Waals surface area contributed by atoms with Crippen molar-refractivity contribution in [3.63, 3.8) is 0 Å². The first-order valence-corrected chi connectivity index (χ1v) is 7.53. The fourth-order valence-corrected chi connectivity index (χ4v) is 3.19. The second-order valence-corrected chi connectivity index (χ2v) is 5.67. The van der Waals surface area contributed by atoms with Crippen molar-refractivity contribution in [2.45, 2.75) is 19.3 Å². The molecule has 0 bridgehead atoms. The number of nitrogens with one attached hydrogen (secondary N) is 1. The molecule has 4 heterocycles. The van der Waals surface area contributed by atoms with Gasteiger partial charge in [0.15, 0.2) is 0 Å². The Labute approximate surface area is 123 Å². The van der Waals surface area contributed by atoms with Crippen LogP contribution in [-0.4, -0.2) is 35.1 Å². The van der Waals surface area contributed by atoms with Crippen molar-refractivity contribution >= 4 is 17.2 Å². The minimum Gasteiger partial charge on any atom is -0.618 e. The minimum atomic E-state index is 0.725. The highest BCUT2D eigenvalue weighted by atomic mass is 16.5. The SMILES string of the molecule is [O-][N+]1=C2CCNC=C2C=C1c1ccnc(N2CCCC2)c1. The zero-order chi connectivity index (χ0) is 14.2. The van der Waals surface area contributed by atoms with Crippen LogP contribution in [0.3, 0.4) is 0 Å². The summed E-state index contributed by atoms with van der Waals surface area (Å²) in [6.45, 7) is 2.94. The van der Waals surface area contributed by atoms with Gasteiger partial charge in [0.2, 0.25) is 11.4 Å². The largest absolute Gasteiger partial charge is 0.618 e. The molecule has 1 fully saturated rings. The van der Waals surface area contributed by atoms with E-state index in [0.717, 1.165) is 59.2 Å². The Morgan fingerprint density at radius 1 is 1.29 bits per heavy atom. The number of rotatable bonds is 2. The van der Waals surface area contributed by atoms with Crippen molar-refractivity contribution in [2.75, 3.05) is 24.5 Å². The lowest BCUT2D eigenvalue weighted by molar-refractivity contribution is -0.348. The number of nitrogens with zero attached hydrogens (tertiary/aromatic N) is 3. The van der Waals surface area contributed by atoms with Crippen LogP contribution in [0.4, 0.5) is 5.82 Å². The lowest BCUT2D eigenvalue weighted by atomic mass is 10.1. The Morgan fingerprint density at radius 2 is 2.14 bits per heavy atom. The third-order valence-electron chi connectivity index (χ3n) is 4.32. The first kappa shape index (κ1) is 12.4. The van der Waals surface area contributed by atoms with Gasteiger partial charge in [-0.05, 0) is 25.0 Å². The van der Waals surface area contributed by atoms with Crippen molar-refractivity contribution in [1.29, 1.82) is 0 Å². The highest BCUT2D eigenvalue weighted by molar-refractivity contribution is 6.05. The van der Waals surface area contributed by atoms with E-state index < -0.39 is 0 Å². The van der Waals surface area contributed by atoms with E-state index in [-0.39, 0.29) is 0 Å². The highest BCUT2D eigenvalue weighted by Gasteiger charge is 2.29. The molecule has 4 rings (SSSR count). The zero-order valence-corrected chi connectivity index (χ0v) is 11.9. The molecule has 0 amide bonds. The fraction of sp³-hybridized carbons (Fsp3) is 0.375. The Kier molecular flexibility index (Phi) is 2.91. The summed E-state index contributed by atoms with van der Waals surface area (Å²) in [6, 6.07) is 3.95. The van der Waals surface area contributed by atoms with Crippen LogP contribution in [0.15, 0.2) is 36.2 Å². The van der Waals surface area contributed by atoms with Crippen LogP contribution in [0, 0.1) is 5.21 Å². The fourth-order valence-electron chi connectivity index (χ4n) is 3.19. The van der Waals surface area contributed by atoms with E-state index in [1.165, 1.54) is 12.8 Å². The lowest BCUT2D eigenvalue weighted by Crippen LogP contribution is -2.23.